The SMILES string of the molecule is COC1(OC)CCN(C(=O)c2ccc(-c3ccccc3)cc2)CC1. The Morgan fingerprint density at radius 2 is 1.42 bits per heavy atom. The van der Waals surface area contributed by atoms with Gasteiger partial charge in [-0.3, -0.25) is 4.79 Å². The Balaban J connectivity index is 1.68. The van der Waals surface area contributed by atoms with Gasteiger partial charge in [0, 0.05) is 45.7 Å². The van der Waals surface area contributed by atoms with Crippen molar-refractivity contribution in [1.82, 2.24) is 4.90 Å². The van der Waals surface area contributed by atoms with Gasteiger partial charge in [-0.25, -0.2) is 0 Å². The average molecular weight is 325 g/mol. The van der Waals surface area contributed by atoms with Gasteiger partial charge in [-0.15, -0.1) is 0 Å². The number of piperidine rings is 1. The highest BCUT2D eigenvalue weighted by Crippen LogP contribution is 2.27. The molecule has 2 aromatic carbocycles. The van der Waals surface area contributed by atoms with Crippen molar-refractivity contribution in [1.29, 1.82) is 0 Å². The molecule has 0 atom stereocenters. The summed E-state index contributed by atoms with van der Waals surface area (Å²) in [6.45, 7) is 1.28. The fourth-order valence-electron chi connectivity index (χ4n) is 3.16. The summed E-state index contributed by atoms with van der Waals surface area (Å²) in [5.74, 6) is -0.482. The lowest BCUT2D eigenvalue weighted by molar-refractivity contribution is -0.226. The number of methoxy groups -OCH3 is 2. The molecule has 0 saturated carbocycles. The summed E-state index contributed by atoms with van der Waals surface area (Å²) in [7, 11) is 3.31. The van der Waals surface area contributed by atoms with E-state index in [1.807, 2.05) is 47.4 Å². The molecule has 0 aliphatic carbocycles. The summed E-state index contributed by atoms with van der Waals surface area (Å²) in [4.78, 5) is 14.5. The quantitative estimate of drug-likeness (QED) is 0.807. The van der Waals surface area contributed by atoms with E-state index < -0.39 is 5.79 Å². The van der Waals surface area contributed by atoms with Gasteiger partial charge in [-0.2, -0.15) is 0 Å². The largest absolute Gasteiger partial charge is 0.353 e. The van der Waals surface area contributed by atoms with Crippen LogP contribution in [0.4, 0.5) is 0 Å². The smallest absolute Gasteiger partial charge is 0.253 e. The third-order valence-electron chi connectivity index (χ3n) is 4.80. The van der Waals surface area contributed by atoms with Crippen LogP contribution in [0.1, 0.15) is 23.2 Å². The lowest BCUT2D eigenvalue weighted by Gasteiger charge is -2.39. The van der Waals surface area contributed by atoms with E-state index >= 15 is 0 Å². The van der Waals surface area contributed by atoms with E-state index in [0.717, 1.165) is 16.7 Å². The zero-order valence-corrected chi connectivity index (χ0v) is 14.2. The first-order valence-electron chi connectivity index (χ1n) is 8.22. The molecule has 4 nitrogen and oxygen atoms in total. The summed E-state index contributed by atoms with van der Waals surface area (Å²) in [6, 6.07) is 18.0. The highest BCUT2D eigenvalue weighted by atomic mass is 16.7. The summed E-state index contributed by atoms with van der Waals surface area (Å²) in [6.07, 6.45) is 1.38. The molecule has 0 aromatic heterocycles. The first kappa shape index (κ1) is 16.7. The lowest BCUT2D eigenvalue weighted by atomic mass is 10.0. The molecule has 1 aliphatic heterocycles. The minimum atomic E-state index is -0.548. The summed E-state index contributed by atoms with van der Waals surface area (Å²) >= 11 is 0. The van der Waals surface area contributed by atoms with E-state index in [1.54, 1.807) is 14.2 Å². The Morgan fingerprint density at radius 3 is 1.96 bits per heavy atom. The monoisotopic (exact) mass is 325 g/mol. The third-order valence-corrected chi connectivity index (χ3v) is 4.80. The number of rotatable bonds is 4. The molecular formula is C20H23NO3. The molecule has 3 rings (SSSR count). The van der Waals surface area contributed by atoms with Gasteiger partial charge in [0.15, 0.2) is 5.79 Å². The van der Waals surface area contributed by atoms with Gasteiger partial charge in [0.05, 0.1) is 0 Å². The molecule has 4 heteroatoms. The molecule has 24 heavy (non-hydrogen) atoms. The van der Waals surface area contributed by atoms with E-state index in [-0.39, 0.29) is 5.91 Å². The molecule has 0 radical (unpaired) electrons. The minimum Gasteiger partial charge on any atom is -0.353 e. The number of amides is 1. The Kier molecular flexibility index (Phi) is 4.97. The highest BCUT2D eigenvalue weighted by Gasteiger charge is 2.36. The molecular weight excluding hydrogens is 302 g/mol. The Hall–Kier alpha value is -2.17. The number of likely N-dealkylation sites (tertiary alicyclic amines) is 1. The van der Waals surface area contributed by atoms with E-state index in [9.17, 15) is 4.79 Å². The van der Waals surface area contributed by atoms with Crippen LogP contribution in [-0.2, 0) is 9.47 Å². The number of hydrogen-bond acceptors (Lipinski definition) is 3. The van der Waals surface area contributed by atoms with Crippen molar-refractivity contribution in [2.24, 2.45) is 0 Å². The summed E-state index contributed by atoms with van der Waals surface area (Å²) in [5.41, 5.74) is 2.99. The van der Waals surface area contributed by atoms with Crippen molar-refractivity contribution < 1.29 is 14.3 Å². The van der Waals surface area contributed by atoms with Crippen LogP contribution in [0.5, 0.6) is 0 Å². The van der Waals surface area contributed by atoms with E-state index in [1.165, 1.54) is 0 Å². The number of carbonyl (C=O) groups excluding carboxylic acids is 1. The van der Waals surface area contributed by atoms with Gasteiger partial charge in [-0.05, 0) is 23.3 Å². The van der Waals surface area contributed by atoms with Crippen LogP contribution in [0, 0.1) is 0 Å². The Labute approximate surface area is 143 Å². The number of benzene rings is 2. The first-order valence-corrected chi connectivity index (χ1v) is 8.22. The average Bonchev–Trinajstić information content (AvgIpc) is 2.68. The van der Waals surface area contributed by atoms with Crippen LogP contribution >= 0.6 is 0 Å². The second-order valence-corrected chi connectivity index (χ2v) is 6.05. The van der Waals surface area contributed by atoms with Gasteiger partial charge in [0.25, 0.3) is 5.91 Å². The molecule has 0 N–H and O–H groups in total. The van der Waals surface area contributed by atoms with Gasteiger partial charge in [-0.1, -0.05) is 42.5 Å². The molecule has 1 aliphatic rings. The van der Waals surface area contributed by atoms with E-state index in [4.69, 9.17) is 9.47 Å². The van der Waals surface area contributed by atoms with E-state index in [2.05, 4.69) is 12.1 Å². The van der Waals surface area contributed by atoms with Crippen molar-refractivity contribution >= 4 is 5.91 Å². The molecule has 0 spiro atoms. The molecule has 0 unspecified atom stereocenters. The molecule has 0 bridgehead atoms. The van der Waals surface area contributed by atoms with Gasteiger partial charge in [0.1, 0.15) is 0 Å². The zero-order chi connectivity index (χ0) is 17.0. The second-order valence-electron chi connectivity index (χ2n) is 6.05. The number of hydrogen-bond donors (Lipinski definition) is 0. The Morgan fingerprint density at radius 1 is 0.875 bits per heavy atom. The molecule has 1 fully saturated rings. The van der Waals surface area contributed by atoms with Crippen LogP contribution in [0.25, 0.3) is 11.1 Å². The highest BCUT2D eigenvalue weighted by molar-refractivity contribution is 5.94. The van der Waals surface area contributed by atoms with Crippen LogP contribution in [0.15, 0.2) is 54.6 Å². The predicted octanol–water partition coefficient (Wildman–Crippen LogP) is 3.58. The Bertz CT molecular complexity index is 668. The maximum atomic E-state index is 12.7. The van der Waals surface area contributed by atoms with E-state index in [0.29, 0.717) is 25.9 Å². The lowest BCUT2D eigenvalue weighted by Crippen LogP contribution is -2.48. The number of carbonyl (C=O) groups is 1. The maximum Gasteiger partial charge on any atom is 0.253 e. The fraction of sp³-hybridized carbons (Fsp3) is 0.350. The van der Waals surface area contributed by atoms with Gasteiger partial charge in [0.2, 0.25) is 0 Å². The van der Waals surface area contributed by atoms with Crippen LogP contribution in [-0.4, -0.2) is 43.9 Å². The van der Waals surface area contributed by atoms with Crippen LogP contribution < -0.4 is 0 Å². The normalized spacial score (nSPS) is 16.8. The zero-order valence-electron chi connectivity index (χ0n) is 14.2. The van der Waals surface area contributed by atoms with Crippen LogP contribution in [0.2, 0.25) is 0 Å². The van der Waals surface area contributed by atoms with Crippen molar-refractivity contribution in [3.63, 3.8) is 0 Å². The predicted molar refractivity (Wildman–Crippen MR) is 93.8 cm³/mol. The third kappa shape index (κ3) is 3.35. The van der Waals surface area contributed by atoms with Crippen molar-refractivity contribution in [2.75, 3.05) is 27.3 Å². The van der Waals surface area contributed by atoms with Crippen molar-refractivity contribution in [3.8, 4) is 11.1 Å². The molecule has 2 aromatic rings. The number of nitrogens with zero attached hydrogens (tertiary/aromatic N) is 1. The molecule has 126 valence electrons. The van der Waals surface area contributed by atoms with Gasteiger partial charge < -0.3 is 14.4 Å². The van der Waals surface area contributed by atoms with Crippen molar-refractivity contribution in [3.05, 3.63) is 60.2 Å². The molecule has 1 amide bonds. The summed E-state index contributed by atoms with van der Waals surface area (Å²) in [5, 5.41) is 0. The van der Waals surface area contributed by atoms with Gasteiger partial charge >= 0.3 is 0 Å². The standard InChI is InChI=1S/C20H23NO3/c1-23-20(24-2)12-14-21(15-13-20)19(22)18-10-8-17(9-11-18)16-6-4-3-5-7-16/h3-11H,12-15H2,1-2H3. The van der Waals surface area contributed by atoms with Crippen LogP contribution in [0.3, 0.4) is 0 Å². The topological polar surface area (TPSA) is 38.8 Å². The molecule has 1 saturated heterocycles. The maximum absolute atomic E-state index is 12.7. The number of ether oxygens (including phenoxy) is 2. The second kappa shape index (κ2) is 7.16. The first-order chi connectivity index (χ1) is 11.7. The fourth-order valence-corrected chi connectivity index (χ4v) is 3.16. The molecule has 1 heterocycles. The summed E-state index contributed by atoms with van der Waals surface area (Å²) < 4.78 is 10.9. The van der Waals surface area contributed by atoms with Crippen molar-refractivity contribution in [2.45, 2.75) is 18.6 Å². The minimum absolute atomic E-state index is 0.0652.